The number of aromatic nitrogens is 2. The number of anilines is 3. The molecule has 2 aromatic heterocycles. The monoisotopic (exact) mass is 746 g/mol. The number of aliphatic imine (C=N–C) groups is 1. The number of nitrogens with zero attached hydrogens (tertiary/aromatic N) is 4. The highest BCUT2D eigenvalue weighted by atomic mass is 15.1. The largest absolute Gasteiger partial charge is 0.313 e. The Morgan fingerprint density at radius 1 is 0.672 bits per heavy atom. The van der Waals surface area contributed by atoms with Gasteiger partial charge in [-0.3, -0.25) is 9.98 Å². The van der Waals surface area contributed by atoms with Crippen LogP contribution in [0.5, 0.6) is 0 Å². The molecule has 2 atom stereocenters. The Hall–Kier alpha value is -7.30. The average Bonchev–Trinajstić information content (AvgIpc) is 3.63. The molecule has 0 aliphatic heterocycles. The maximum absolute atomic E-state index is 4.51. The lowest BCUT2D eigenvalue weighted by atomic mass is 9.89. The van der Waals surface area contributed by atoms with Crippen LogP contribution in [0, 0.1) is 5.92 Å². The first-order valence-electron chi connectivity index (χ1n) is 20.0. The Morgan fingerprint density at radius 2 is 1.33 bits per heavy atom. The van der Waals surface area contributed by atoms with E-state index in [0.29, 0.717) is 0 Å². The molecule has 10 rings (SSSR count). The van der Waals surface area contributed by atoms with Crippen molar-refractivity contribution in [2.24, 2.45) is 10.9 Å². The molecule has 58 heavy (non-hydrogen) atoms. The Balaban J connectivity index is 1.01. The maximum atomic E-state index is 4.51. The summed E-state index contributed by atoms with van der Waals surface area (Å²) < 4.78 is 2.45. The Bertz CT molecular complexity index is 2910. The van der Waals surface area contributed by atoms with E-state index in [4.69, 9.17) is 0 Å². The molecule has 0 fully saturated rings. The molecule has 0 saturated carbocycles. The summed E-state index contributed by atoms with van der Waals surface area (Å²) in [7, 11) is 0. The van der Waals surface area contributed by atoms with Crippen LogP contribution < -0.4 is 4.90 Å². The standard InChI is InChI=1S/C54H42N4/c1-3-37-34-41(21-30-51(37)55-2)38-15-24-46(25-16-38)57(47-26-17-39(18-27-47)42-22-31-52-44(35-42)10-9-33-56-52)48-28-19-40(20-29-48)43-23-32-54-50(36-43)49-13-7-8-14-53(49)58(54)45-11-5-4-6-12-45/h3-7,9-13,15-37,51H,1-2,8,14H2/t37?,51-/m0/s1. The third-order valence-corrected chi connectivity index (χ3v) is 11.7. The SMILES string of the molecule is C=CC1C=C(c2ccc(N(c3ccc(-c4ccc5ncccc5c4)cc3)c3ccc(-c4ccc5c(c4)c4c(n5-c5ccccc5)CCC=C4)cc3)cc2)C=C[C@@H]1N=C. The Morgan fingerprint density at radius 3 is 2.02 bits per heavy atom. The minimum absolute atomic E-state index is 0.0210. The number of hydrogen-bond acceptors (Lipinski definition) is 3. The fourth-order valence-corrected chi connectivity index (χ4v) is 8.66. The molecule has 2 heterocycles. The maximum Gasteiger partial charge on any atom is 0.0773 e. The molecule has 0 amide bonds. The number of benzene rings is 6. The van der Waals surface area contributed by atoms with Gasteiger partial charge in [-0.25, -0.2) is 0 Å². The van der Waals surface area contributed by atoms with Gasteiger partial charge in [0.1, 0.15) is 0 Å². The van der Waals surface area contributed by atoms with Gasteiger partial charge in [-0.15, -0.1) is 6.58 Å². The number of pyridine rings is 1. The highest BCUT2D eigenvalue weighted by molar-refractivity contribution is 5.96. The van der Waals surface area contributed by atoms with Gasteiger partial charge in [0.2, 0.25) is 0 Å². The first-order valence-corrected chi connectivity index (χ1v) is 20.0. The molecule has 1 unspecified atom stereocenters. The molecule has 4 nitrogen and oxygen atoms in total. The zero-order chi connectivity index (χ0) is 39.0. The Kier molecular flexibility index (Phi) is 9.08. The van der Waals surface area contributed by atoms with Crippen molar-refractivity contribution in [3.05, 3.63) is 212 Å². The predicted octanol–water partition coefficient (Wildman–Crippen LogP) is 13.8. The summed E-state index contributed by atoms with van der Waals surface area (Å²) in [6, 6.07) is 54.9. The van der Waals surface area contributed by atoms with Crippen molar-refractivity contribution in [3.8, 4) is 27.9 Å². The van der Waals surface area contributed by atoms with Crippen LogP contribution in [0.3, 0.4) is 0 Å². The van der Waals surface area contributed by atoms with Gasteiger partial charge in [0.25, 0.3) is 0 Å². The van der Waals surface area contributed by atoms with Crippen LogP contribution in [0.15, 0.2) is 200 Å². The van der Waals surface area contributed by atoms with E-state index in [1.54, 1.807) is 0 Å². The van der Waals surface area contributed by atoms with Gasteiger partial charge in [0.15, 0.2) is 0 Å². The minimum atomic E-state index is 0.0210. The fourth-order valence-electron chi connectivity index (χ4n) is 8.66. The van der Waals surface area contributed by atoms with Gasteiger partial charge in [-0.2, -0.15) is 0 Å². The van der Waals surface area contributed by atoms with Crippen molar-refractivity contribution in [2.75, 3.05) is 4.90 Å². The summed E-state index contributed by atoms with van der Waals surface area (Å²) in [5.41, 5.74) is 16.5. The van der Waals surface area contributed by atoms with Gasteiger partial charge in [-0.1, -0.05) is 109 Å². The van der Waals surface area contributed by atoms with Crippen molar-refractivity contribution >= 4 is 57.2 Å². The average molecular weight is 747 g/mol. The molecule has 0 N–H and O–H groups in total. The van der Waals surface area contributed by atoms with Crippen LogP contribution in [0.4, 0.5) is 17.1 Å². The van der Waals surface area contributed by atoms with E-state index in [1.807, 2.05) is 18.3 Å². The smallest absolute Gasteiger partial charge is 0.0773 e. The first kappa shape index (κ1) is 35.1. The minimum Gasteiger partial charge on any atom is -0.313 e. The highest BCUT2D eigenvalue weighted by Gasteiger charge is 2.21. The number of rotatable bonds is 9. The van der Waals surface area contributed by atoms with E-state index in [2.05, 4.69) is 209 Å². The van der Waals surface area contributed by atoms with Gasteiger partial charge in [0.05, 0.1) is 17.1 Å². The van der Waals surface area contributed by atoms with E-state index in [9.17, 15) is 0 Å². The summed E-state index contributed by atoms with van der Waals surface area (Å²) in [6.45, 7) is 7.82. The third kappa shape index (κ3) is 6.39. The van der Waals surface area contributed by atoms with Crippen LogP contribution in [-0.4, -0.2) is 22.3 Å². The van der Waals surface area contributed by atoms with Gasteiger partial charge in [0, 0.05) is 56.9 Å². The molecule has 278 valence electrons. The second kappa shape index (κ2) is 15.0. The van der Waals surface area contributed by atoms with Crippen LogP contribution in [0.2, 0.25) is 0 Å². The van der Waals surface area contributed by atoms with Gasteiger partial charge in [-0.05, 0) is 132 Å². The summed E-state index contributed by atoms with van der Waals surface area (Å²) in [5, 5.41) is 2.42. The van der Waals surface area contributed by atoms with E-state index in [-0.39, 0.29) is 12.0 Å². The lowest BCUT2D eigenvalue weighted by Crippen LogP contribution is -2.14. The lowest BCUT2D eigenvalue weighted by molar-refractivity contribution is 0.695. The molecular formula is C54H42N4. The topological polar surface area (TPSA) is 33.4 Å². The summed E-state index contributed by atoms with van der Waals surface area (Å²) in [4.78, 5) is 11.1. The van der Waals surface area contributed by atoms with Crippen LogP contribution in [0.1, 0.15) is 23.2 Å². The molecule has 6 aromatic carbocycles. The van der Waals surface area contributed by atoms with Crippen molar-refractivity contribution in [3.63, 3.8) is 0 Å². The van der Waals surface area contributed by atoms with Gasteiger partial charge >= 0.3 is 0 Å². The summed E-state index contributed by atoms with van der Waals surface area (Å²) >= 11 is 0. The molecule has 0 spiro atoms. The molecule has 8 aromatic rings. The van der Waals surface area contributed by atoms with Crippen LogP contribution >= 0.6 is 0 Å². The van der Waals surface area contributed by atoms with Crippen LogP contribution in [0.25, 0.3) is 61.4 Å². The molecule has 2 aliphatic rings. The van der Waals surface area contributed by atoms with Crippen molar-refractivity contribution in [1.82, 2.24) is 9.55 Å². The highest BCUT2D eigenvalue weighted by Crippen LogP contribution is 2.40. The molecule has 0 saturated heterocycles. The van der Waals surface area contributed by atoms with E-state index in [0.717, 1.165) is 57.5 Å². The van der Waals surface area contributed by atoms with E-state index >= 15 is 0 Å². The summed E-state index contributed by atoms with van der Waals surface area (Å²) in [5.74, 6) is 0.121. The lowest BCUT2D eigenvalue weighted by Gasteiger charge is -2.26. The van der Waals surface area contributed by atoms with Crippen LogP contribution in [-0.2, 0) is 6.42 Å². The number of hydrogen-bond donors (Lipinski definition) is 0. The predicted molar refractivity (Wildman–Crippen MR) is 246 cm³/mol. The molecule has 0 bridgehead atoms. The first-order chi connectivity index (χ1) is 28.6. The zero-order valence-electron chi connectivity index (χ0n) is 32.2. The zero-order valence-corrected chi connectivity index (χ0v) is 32.2. The number of fused-ring (bicyclic) bond motifs is 4. The quantitative estimate of drug-likeness (QED) is 0.109. The number of allylic oxidation sites excluding steroid dienone is 3. The Labute approximate surface area is 339 Å². The van der Waals surface area contributed by atoms with Crippen molar-refractivity contribution < 1.29 is 0 Å². The summed E-state index contributed by atoms with van der Waals surface area (Å²) in [6.07, 6.45) is 17.0. The van der Waals surface area contributed by atoms with Crippen molar-refractivity contribution in [2.45, 2.75) is 18.9 Å². The molecule has 4 heteroatoms. The second-order valence-corrected chi connectivity index (χ2v) is 15.1. The van der Waals surface area contributed by atoms with E-state index in [1.165, 1.54) is 44.5 Å². The molecular weight excluding hydrogens is 705 g/mol. The second-order valence-electron chi connectivity index (χ2n) is 15.1. The fraction of sp³-hybridized carbons (Fsp3) is 0.0741. The molecule has 0 radical (unpaired) electrons. The third-order valence-electron chi connectivity index (χ3n) is 11.7. The van der Waals surface area contributed by atoms with Crippen molar-refractivity contribution in [1.29, 1.82) is 0 Å². The number of para-hydroxylation sites is 1. The van der Waals surface area contributed by atoms with E-state index < -0.39 is 0 Å². The normalized spacial score (nSPS) is 15.9. The van der Waals surface area contributed by atoms with Gasteiger partial charge < -0.3 is 9.47 Å². The molecule has 2 aliphatic carbocycles.